The standard InChI is InChI=1S/C9H9ClO.C6H6O4S/c1-2-3-7-4-5-8(11)6-9(7)10;7-5-3-1-2-4-6(5)11(8,9)10/h2,4-6,11H,1,3H2;1-4,7H,(H,8,9,10). The van der Waals surface area contributed by atoms with E-state index in [1.165, 1.54) is 24.3 Å². The van der Waals surface area contributed by atoms with Gasteiger partial charge in [0.1, 0.15) is 16.4 Å². The maximum absolute atomic E-state index is 10.4. The van der Waals surface area contributed by atoms with Crippen LogP contribution in [0.15, 0.2) is 60.0 Å². The average Bonchev–Trinajstić information content (AvgIpc) is 2.42. The Morgan fingerprint density at radius 2 is 1.77 bits per heavy atom. The van der Waals surface area contributed by atoms with Crippen molar-refractivity contribution in [2.75, 3.05) is 0 Å². The molecular formula is C15H15ClO5S. The first-order valence-corrected chi connectivity index (χ1v) is 7.91. The number of allylic oxidation sites excluding steroid dienone is 1. The molecule has 0 fully saturated rings. The number of phenolic OH excluding ortho intramolecular Hbond substituents is 2. The van der Waals surface area contributed by atoms with E-state index in [1.54, 1.807) is 18.2 Å². The molecule has 0 atom stereocenters. The van der Waals surface area contributed by atoms with Gasteiger partial charge in [0.25, 0.3) is 10.1 Å². The summed E-state index contributed by atoms with van der Waals surface area (Å²) in [5.41, 5.74) is 0.986. The van der Waals surface area contributed by atoms with Crippen LogP contribution >= 0.6 is 11.6 Å². The Bertz CT molecular complexity index is 756. The lowest BCUT2D eigenvalue weighted by atomic mass is 10.1. The molecule has 5 nitrogen and oxygen atoms in total. The molecule has 3 N–H and O–H groups in total. The van der Waals surface area contributed by atoms with Gasteiger partial charge >= 0.3 is 0 Å². The molecule has 0 saturated carbocycles. The Kier molecular flexibility index (Phi) is 6.42. The van der Waals surface area contributed by atoms with Gasteiger partial charge in [-0.25, -0.2) is 0 Å². The molecular weight excluding hydrogens is 328 g/mol. The normalized spacial score (nSPS) is 10.5. The van der Waals surface area contributed by atoms with E-state index in [1.807, 2.05) is 0 Å². The average molecular weight is 343 g/mol. The number of halogens is 1. The second-order valence-electron chi connectivity index (χ2n) is 4.21. The molecule has 2 aromatic rings. The highest BCUT2D eigenvalue weighted by atomic mass is 35.5. The molecule has 0 unspecified atom stereocenters. The minimum Gasteiger partial charge on any atom is -0.508 e. The number of hydrogen-bond donors (Lipinski definition) is 3. The Labute approximate surface area is 133 Å². The molecule has 0 heterocycles. The minimum atomic E-state index is -4.28. The fourth-order valence-electron chi connectivity index (χ4n) is 1.53. The number of para-hydroxylation sites is 1. The van der Waals surface area contributed by atoms with Gasteiger partial charge in [0.15, 0.2) is 0 Å². The van der Waals surface area contributed by atoms with Gasteiger partial charge in [-0.2, -0.15) is 8.42 Å². The third-order valence-corrected chi connectivity index (χ3v) is 3.80. The van der Waals surface area contributed by atoms with Gasteiger partial charge in [-0.15, -0.1) is 6.58 Å². The van der Waals surface area contributed by atoms with Gasteiger partial charge in [-0.05, 0) is 36.2 Å². The van der Waals surface area contributed by atoms with Crippen molar-refractivity contribution in [3.8, 4) is 11.5 Å². The second-order valence-corrected chi connectivity index (χ2v) is 6.01. The number of phenols is 2. The van der Waals surface area contributed by atoms with Crippen LogP contribution in [-0.4, -0.2) is 23.2 Å². The van der Waals surface area contributed by atoms with E-state index in [4.69, 9.17) is 26.4 Å². The van der Waals surface area contributed by atoms with E-state index in [2.05, 4.69) is 6.58 Å². The lowest BCUT2D eigenvalue weighted by Gasteiger charge is -1.99. The van der Waals surface area contributed by atoms with E-state index in [-0.39, 0.29) is 5.75 Å². The predicted molar refractivity (Wildman–Crippen MR) is 84.9 cm³/mol. The van der Waals surface area contributed by atoms with E-state index in [0.717, 1.165) is 18.1 Å². The molecule has 0 aliphatic carbocycles. The summed E-state index contributed by atoms with van der Waals surface area (Å²) in [6.07, 6.45) is 2.51. The first kappa shape index (κ1) is 18.0. The molecule has 0 amide bonds. The van der Waals surface area contributed by atoms with Gasteiger partial charge in [0.2, 0.25) is 0 Å². The van der Waals surface area contributed by atoms with E-state index >= 15 is 0 Å². The highest BCUT2D eigenvalue weighted by Crippen LogP contribution is 2.22. The molecule has 0 radical (unpaired) electrons. The van der Waals surface area contributed by atoms with Crippen molar-refractivity contribution in [3.05, 3.63) is 65.7 Å². The fraction of sp³-hybridized carbons (Fsp3) is 0.0667. The molecule has 0 aromatic heterocycles. The summed E-state index contributed by atoms with van der Waals surface area (Å²) >= 11 is 5.80. The van der Waals surface area contributed by atoms with Crippen LogP contribution < -0.4 is 0 Å². The highest BCUT2D eigenvalue weighted by Gasteiger charge is 2.12. The number of rotatable bonds is 3. The van der Waals surface area contributed by atoms with Gasteiger partial charge in [-0.3, -0.25) is 4.55 Å². The number of aromatic hydroxyl groups is 2. The molecule has 0 aliphatic heterocycles. The van der Waals surface area contributed by atoms with Crippen molar-refractivity contribution >= 4 is 21.7 Å². The van der Waals surface area contributed by atoms with E-state index in [9.17, 15) is 8.42 Å². The maximum Gasteiger partial charge on any atom is 0.298 e. The molecule has 7 heteroatoms. The van der Waals surface area contributed by atoms with Gasteiger partial charge in [-0.1, -0.05) is 35.9 Å². The summed E-state index contributed by atoms with van der Waals surface area (Å²) in [6, 6.07) is 10.1. The summed E-state index contributed by atoms with van der Waals surface area (Å²) in [4.78, 5) is -0.472. The molecule has 2 aromatic carbocycles. The van der Waals surface area contributed by atoms with Crippen LogP contribution in [0.4, 0.5) is 0 Å². The molecule has 0 saturated heterocycles. The predicted octanol–water partition coefficient (Wildman–Crippen LogP) is 3.41. The van der Waals surface area contributed by atoms with Crippen LogP contribution in [0, 0.1) is 0 Å². The Hall–Kier alpha value is -2.02. The molecule has 22 heavy (non-hydrogen) atoms. The van der Waals surface area contributed by atoms with E-state index in [0.29, 0.717) is 5.02 Å². The van der Waals surface area contributed by atoms with Gasteiger partial charge in [0, 0.05) is 5.02 Å². The van der Waals surface area contributed by atoms with Gasteiger partial charge in [0.05, 0.1) is 0 Å². The minimum absolute atomic E-state index is 0.197. The topological polar surface area (TPSA) is 94.8 Å². The fourth-order valence-corrected chi connectivity index (χ4v) is 2.37. The van der Waals surface area contributed by atoms with Crippen LogP contribution in [-0.2, 0) is 16.5 Å². The van der Waals surface area contributed by atoms with Crippen LogP contribution in [0.3, 0.4) is 0 Å². The lowest BCUT2D eigenvalue weighted by Crippen LogP contribution is -1.97. The van der Waals surface area contributed by atoms with Crippen LogP contribution in [0.1, 0.15) is 5.56 Å². The van der Waals surface area contributed by atoms with E-state index < -0.39 is 20.8 Å². The summed E-state index contributed by atoms with van der Waals surface area (Å²) in [7, 11) is -4.28. The van der Waals surface area contributed by atoms with Crippen molar-refractivity contribution < 1.29 is 23.2 Å². The molecule has 0 bridgehead atoms. The number of benzene rings is 2. The summed E-state index contributed by atoms with van der Waals surface area (Å²) in [6.45, 7) is 3.60. The summed E-state index contributed by atoms with van der Waals surface area (Å²) in [5.74, 6) is -0.252. The van der Waals surface area contributed by atoms with Crippen molar-refractivity contribution in [1.29, 1.82) is 0 Å². The zero-order valence-corrected chi connectivity index (χ0v) is 13.0. The SMILES string of the molecule is C=CCc1ccc(O)cc1Cl.O=S(=O)(O)c1ccccc1O. The van der Waals surface area contributed by atoms with Crippen molar-refractivity contribution in [2.45, 2.75) is 11.3 Å². The van der Waals surface area contributed by atoms with Gasteiger partial charge < -0.3 is 10.2 Å². The Morgan fingerprint density at radius 1 is 1.14 bits per heavy atom. The summed E-state index contributed by atoms with van der Waals surface area (Å²) in [5, 5.41) is 18.5. The van der Waals surface area contributed by atoms with Crippen molar-refractivity contribution in [2.24, 2.45) is 0 Å². The summed E-state index contributed by atoms with van der Waals surface area (Å²) < 4.78 is 29.4. The smallest absolute Gasteiger partial charge is 0.298 e. The highest BCUT2D eigenvalue weighted by molar-refractivity contribution is 7.86. The molecule has 2 rings (SSSR count). The van der Waals surface area contributed by atoms with Crippen LogP contribution in [0.2, 0.25) is 5.02 Å². The lowest BCUT2D eigenvalue weighted by molar-refractivity contribution is 0.443. The quantitative estimate of drug-likeness (QED) is 0.587. The third kappa shape index (κ3) is 5.40. The van der Waals surface area contributed by atoms with Crippen LogP contribution in [0.5, 0.6) is 11.5 Å². The Balaban J connectivity index is 0.000000220. The first-order chi connectivity index (χ1) is 10.3. The van der Waals surface area contributed by atoms with Crippen LogP contribution in [0.25, 0.3) is 0 Å². The molecule has 0 aliphatic rings. The zero-order chi connectivity index (χ0) is 16.8. The van der Waals surface area contributed by atoms with Crippen molar-refractivity contribution in [3.63, 3.8) is 0 Å². The number of hydrogen-bond acceptors (Lipinski definition) is 4. The first-order valence-electron chi connectivity index (χ1n) is 6.09. The Morgan fingerprint density at radius 3 is 2.23 bits per heavy atom. The third-order valence-electron chi connectivity index (χ3n) is 2.54. The second kappa shape index (κ2) is 7.84. The zero-order valence-electron chi connectivity index (χ0n) is 11.5. The molecule has 118 valence electrons. The monoisotopic (exact) mass is 342 g/mol. The maximum atomic E-state index is 10.4. The largest absolute Gasteiger partial charge is 0.508 e. The molecule has 0 spiro atoms. The van der Waals surface area contributed by atoms with Crippen molar-refractivity contribution in [1.82, 2.24) is 0 Å².